The second-order valence-corrected chi connectivity index (χ2v) is 4.87. The normalized spacial score (nSPS) is 16.8. The predicted molar refractivity (Wildman–Crippen MR) is 73.6 cm³/mol. The van der Waals surface area contributed by atoms with Crippen LogP contribution in [0.15, 0.2) is 24.4 Å². The number of anilines is 1. The lowest BCUT2D eigenvalue weighted by molar-refractivity contribution is 0.411. The van der Waals surface area contributed by atoms with Gasteiger partial charge in [0.15, 0.2) is 5.82 Å². The van der Waals surface area contributed by atoms with E-state index in [0.717, 1.165) is 49.9 Å². The third kappa shape index (κ3) is 2.58. The van der Waals surface area contributed by atoms with Crippen molar-refractivity contribution < 1.29 is 0 Å². The molecule has 0 aliphatic carbocycles. The number of hydrogen-bond acceptors (Lipinski definition) is 5. The maximum Gasteiger partial charge on any atom is 0.245 e. The highest BCUT2D eigenvalue weighted by atomic mass is 15.4. The first kappa shape index (κ1) is 12.1. The first-order chi connectivity index (χ1) is 9.36. The summed E-state index contributed by atoms with van der Waals surface area (Å²) >= 11 is 0. The molecule has 6 heteroatoms. The molecular weight excluding hydrogens is 240 g/mol. The number of aromatic amines is 1. The SMILES string of the molecule is NCC1CCN(c2n[nH]c(-c3ccccn3)n2)CC1. The van der Waals surface area contributed by atoms with Gasteiger partial charge in [-0.3, -0.25) is 10.1 Å². The summed E-state index contributed by atoms with van der Waals surface area (Å²) in [4.78, 5) is 11.0. The fraction of sp³-hybridized carbons (Fsp3) is 0.462. The number of piperidine rings is 1. The summed E-state index contributed by atoms with van der Waals surface area (Å²) < 4.78 is 0. The van der Waals surface area contributed by atoms with E-state index in [-0.39, 0.29) is 0 Å². The highest BCUT2D eigenvalue weighted by molar-refractivity contribution is 5.50. The second-order valence-electron chi connectivity index (χ2n) is 4.87. The summed E-state index contributed by atoms with van der Waals surface area (Å²) in [7, 11) is 0. The van der Waals surface area contributed by atoms with Gasteiger partial charge >= 0.3 is 0 Å². The van der Waals surface area contributed by atoms with Crippen LogP contribution in [-0.2, 0) is 0 Å². The maximum atomic E-state index is 5.70. The molecule has 1 saturated heterocycles. The summed E-state index contributed by atoms with van der Waals surface area (Å²) in [6, 6.07) is 5.75. The van der Waals surface area contributed by atoms with Gasteiger partial charge in [0.2, 0.25) is 5.95 Å². The van der Waals surface area contributed by atoms with E-state index >= 15 is 0 Å². The van der Waals surface area contributed by atoms with Crippen LogP contribution < -0.4 is 10.6 Å². The van der Waals surface area contributed by atoms with Crippen LogP contribution in [0.5, 0.6) is 0 Å². The first-order valence-corrected chi connectivity index (χ1v) is 6.65. The number of H-pyrrole nitrogens is 1. The third-order valence-corrected chi connectivity index (χ3v) is 3.61. The summed E-state index contributed by atoms with van der Waals surface area (Å²) in [5.74, 6) is 2.12. The minimum absolute atomic E-state index is 0.644. The van der Waals surface area contributed by atoms with Gasteiger partial charge in [-0.2, -0.15) is 4.98 Å². The Bertz CT molecular complexity index is 515. The molecule has 0 radical (unpaired) electrons. The van der Waals surface area contributed by atoms with Gasteiger partial charge in [-0.1, -0.05) is 6.07 Å². The van der Waals surface area contributed by atoms with Gasteiger partial charge in [0.1, 0.15) is 5.69 Å². The van der Waals surface area contributed by atoms with E-state index in [1.54, 1.807) is 6.20 Å². The fourth-order valence-corrected chi connectivity index (χ4v) is 2.38. The molecule has 0 bridgehead atoms. The van der Waals surface area contributed by atoms with Crippen molar-refractivity contribution in [3.8, 4) is 11.5 Å². The number of nitrogens with two attached hydrogens (primary N) is 1. The lowest BCUT2D eigenvalue weighted by Crippen LogP contribution is -2.36. The minimum Gasteiger partial charge on any atom is -0.340 e. The molecule has 19 heavy (non-hydrogen) atoms. The molecule has 3 heterocycles. The van der Waals surface area contributed by atoms with E-state index in [9.17, 15) is 0 Å². The number of nitrogens with one attached hydrogen (secondary N) is 1. The van der Waals surface area contributed by atoms with Crippen molar-refractivity contribution in [2.45, 2.75) is 12.8 Å². The Kier molecular flexibility index (Phi) is 3.41. The van der Waals surface area contributed by atoms with E-state index in [4.69, 9.17) is 5.73 Å². The van der Waals surface area contributed by atoms with Gasteiger partial charge < -0.3 is 10.6 Å². The van der Waals surface area contributed by atoms with E-state index in [1.165, 1.54) is 0 Å². The van der Waals surface area contributed by atoms with Crippen LogP contribution in [0.2, 0.25) is 0 Å². The van der Waals surface area contributed by atoms with Crippen LogP contribution in [0, 0.1) is 5.92 Å². The van der Waals surface area contributed by atoms with Crippen molar-refractivity contribution in [2.24, 2.45) is 11.7 Å². The number of hydrogen-bond donors (Lipinski definition) is 2. The zero-order valence-corrected chi connectivity index (χ0v) is 10.8. The summed E-state index contributed by atoms with van der Waals surface area (Å²) in [5, 5.41) is 7.24. The van der Waals surface area contributed by atoms with E-state index < -0.39 is 0 Å². The minimum atomic E-state index is 0.644. The van der Waals surface area contributed by atoms with Crippen LogP contribution >= 0.6 is 0 Å². The number of rotatable bonds is 3. The molecule has 0 saturated carbocycles. The van der Waals surface area contributed by atoms with Gasteiger partial charge in [-0.05, 0) is 37.4 Å². The highest BCUT2D eigenvalue weighted by Gasteiger charge is 2.21. The van der Waals surface area contributed by atoms with Crippen LogP contribution in [0.1, 0.15) is 12.8 Å². The molecule has 100 valence electrons. The van der Waals surface area contributed by atoms with Gasteiger partial charge in [0, 0.05) is 19.3 Å². The molecule has 0 spiro atoms. The molecule has 1 aliphatic heterocycles. The Labute approximate surface area is 112 Å². The molecule has 0 aromatic carbocycles. The molecule has 3 N–H and O–H groups in total. The Morgan fingerprint density at radius 1 is 1.32 bits per heavy atom. The van der Waals surface area contributed by atoms with Crippen LogP contribution in [0.25, 0.3) is 11.5 Å². The maximum absolute atomic E-state index is 5.70. The third-order valence-electron chi connectivity index (χ3n) is 3.61. The van der Waals surface area contributed by atoms with Crippen LogP contribution in [0.4, 0.5) is 5.95 Å². The van der Waals surface area contributed by atoms with Crippen molar-refractivity contribution in [3.05, 3.63) is 24.4 Å². The van der Waals surface area contributed by atoms with Gasteiger partial charge in [-0.15, -0.1) is 5.10 Å². The topological polar surface area (TPSA) is 83.7 Å². The molecule has 1 fully saturated rings. The van der Waals surface area contributed by atoms with Crippen molar-refractivity contribution in [2.75, 3.05) is 24.5 Å². The number of aromatic nitrogens is 4. The zero-order chi connectivity index (χ0) is 13.1. The Hall–Kier alpha value is -1.95. The van der Waals surface area contributed by atoms with Crippen LogP contribution in [-0.4, -0.2) is 39.8 Å². The molecule has 0 atom stereocenters. The molecule has 0 unspecified atom stereocenters. The number of nitrogens with zero attached hydrogens (tertiary/aromatic N) is 4. The molecule has 2 aromatic rings. The van der Waals surface area contributed by atoms with Crippen LogP contribution in [0.3, 0.4) is 0 Å². The Morgan fingerprint density at radius 3 is 2.84 bits per heavy atom. The summed E-state index contributed by atoms with van der Waals surface area (Å²) in [6.45, 7) is 2.73. The average Bonchev–Trinajstić information content (AvgIpc) is 2.98. The van der Waals surface area contributed by atoms with Crippen molar-refractivity contribution in [1.82, 2.24) is 20.2 Å². The van der Waals surface area contributed by atoms with Crippen molar-refractivity contribution in [1.29, 1.82) is 0 Å². The lowest BCUT2D eigenvalue weighted by atomic mass is 9.97. The smallest absolute Gasteiger partial charge is 0.245 e. The van der Waals surface area contributed by atoms with Crippen molar-refractivity contribution in [3.63, 3.8) is 0 Å². The predicted octanol–water partition coefficient (Wildman–Crippen LogP) is 1.04. The molecule has 1 aliphatic rings. The van der Waals surface area contributed by atoms with Gasteiger partial charge in [-0.25, -0.2) is 0 Å². The molecule has 2 aromatic heterocycles. The highest BCUT2D eigenvalue weighted by Crippen LogP contribution is 2.21. The first-order valence-electron chi connectivity index (χ1n) is 6.65. The monoisotopic (exact) mass is 258 g/mol. The fourth-order valence-electron chi connectivity index (χ4n) is 2.38. The van der Waals surface area contributed by atoms with E-state index in [1.807, 2.05) is 18.2 Å². The van der Waals surface area contributed by atoms with Gasteiger partial charge in [0.05, 0.1) is 0 Å². The number of pyridine rings is 1. The standard InChI is InChI=1S/C13H18N6/c14-9-10-4-7-19(8-5-10)13-16-12(17-18-13)11-3-1-2-6-15-11/h1-3,6,10H,4-5,7-9,14H2,(H,16,17,18). The van der Waals surface area contributed by atoms with Crippen molar-refractivity contribution >= 4 is 5.95 Å². The van der Waals surface area contributed by atoms with E-state index in [2.05, 4.69) is 25.1 Å². The Balaban J connectivity index is 1.72. The molecule has 0 amide bonds. The molecule has 6 nitrogen and oxygen atoms in total. The molecule has 3 rings (SSSR count). The quantitative estimate of drug-likeness (QED) is 0.859. The summed E-state index contributed by atoms with van der Waals surface area (Å²) in [5.41, 5.74) is 6.52. The largest absolute Gasteiger partial charge is 0.340 e. The summed E-state index contributed by atoms with van der Waals surface area (Å²) in [6.07, 6.45) is 3.98. The lowest BCUT2D eigenvalue weighted by Gasteiger charge is -2.30. The van der Waals surface area contributed by atoms with Gasteiger partial charge in [0.25, 0.3) is 0 Å². The van der Waals surface area contributed by atoms with E-state index in [0.29, 0.717) is 5.92 Å². The molecular formula is C13H18N6. The Morgan fingerprint density at radius 2 is 2.16 bits per heavy atom. The second kappa shape index (κ2) is 5.36. The zero-order valence-electron chi connectivity index (χ0n) is 10.8. The average molecular weight is 258 g/mol.